The van der Waals surface area contributed by atoms with Crippen molar-refractivity contribution in [2.45, 2.75) is 6.54 Å². The minimum atomic E-state index is 0.0423. The number of ether oxygens (including phenoxy) is 2. The molecular formula is C21H28ClN3O3+2. The van der Waals surface area contributed by atoms with Gasteiger partial charge in [-0.15, -0.1) is 0 Å². The lowest BCUT2D eigenvalue weighted by Gasteiger charge is -2.29. The monoisotopic (exact) mass is 405 g/mol. The molecule has 6 nitrogen and oxygen atoms in total. The Kier molecular flexibility index (Phi) is 7.14. The molecule has 1 aliphatic rings. The molecule has 1 amide bonds. The molecule has 0 saturated carbocycles. The van der Waals surface area contributed by atoms with E-state index in [2.05, 4.69) is 11.4 Å². The van der Waals surface area contributed by atoms with Gasteiger partial charge < -0.3 is 24.6 Å². The fourth-order valence-electron chi connectivity index (χ4n) is 3.56. The smallest absolute Gasteiger partial charge is 0.279 e. The van der Waals surface area contributed by atoms with Crippen molar-refractivity contribution < 1.29 is 24.1 Å². The maximum atomic E-state index is 12.3. The van der Waals surface area contributed by atoms with Gasteiger partial charge in [0.2, 0.25) is 0 Å². The summed E-state index contributed by atoms with van der Waals surface area (Å²) in [5.74, 6) is 1.56. The van der Waals surface area contributed by atoms with Gasteiger partial charge in [-0.1, -0.05) is 11.6 Å². The third-order valence-electron chi connectivity index (χ3n) is 5.10. The molecule has 7 heteroatoms. The predicted octanol–water partition coefficient (Wildman–Crippen LogP) is 0.279. The topological polar surface area (TPSA) is 56.4 Å². The van der Waals surface area contributed by atoms with Crippen LogP contribution in [0.3, 0.4) is 0 Å². The van der Waals surface area contributed by atoms with Crippen LogP contribution < -0.4 is 24.6 Å². The second-order valence-electron chi connectivity index (χ2n) is 7.10. The highest BCUT2D eigenvalue weighted by atomic mass is 35.5. The molecule has 0 aromatic heterocycles. The molecule has 2 aromatic rings. The van der Waals surface area contributed by atoms with Crippen LogP contribution in [0, 0.1) is 0 Å². The van der Waals surface area contributed by atoms with E-state index in [-0.39, 0.29) is 5.91 Å². The number of halogens is 1. The third kappa shape index (κ3) is 5.61. The van der Waals surface area contributed by atoms with E-state index < -0.39 is 0 Å². The van der Waals surface area contributed by atoms with E-state index in [1.807, 2.05) is 24.3 Å². The number of carbonyl (C=O) groups is 1. The van der Waals surface area contributed by atoms with Gasteiger partial charge in [0, 0.05) is 16.3 Å². The summed E-state index contributed by atoms with van der Waals surface area (Å²) in [6, 6.07) is 13.3. The lowest BCUT2D eigenvalue weighted by Crippen LogP contribution is -3.28. The van der Waals surface area contributed by atoms with Crippen molar-refractivity contribution in [3.05, 3.63) is 53.1 Å². The summed E-state index contributed by atoms with van der Waals surface area (Å²) in [6.45, 7) is 5.49. The van der Waals surface area contributed by atoms with E-state index in [0.29, 0.717) is 11.6 Å². The first-order valence-electron chi connectivity index (χ1n) is 9.51. The van der Waals surface area contributed by atoms with Gasteiger partial charge >= 0.3 is 0 Å². The summed E-state index contributed by atoms with van der Waals surface area (Å²) in [5, 5.41) is 3.60. The summed E-state index contributed by atoms with van der Waals surface area (Å²) in [7, 11) is 3.31. The number of hydrogen-bond acceptors (Lipinski definition) is 3. The summed E-state index contributed by atoms with van der Waals surface area (Å²) in [4.78, 5) is 15.1. The number of methoxy groups -OCH3 is 2. The Bertz CT molecular complexity index is 790. The maximum Gasteiger partial charge on any atom is 0.279 e. The zero-order valence-corrected chi connectivity index (χ0v) is 17.1. The molecule has 1 heterocycles. The number of amides is 1. The van der Waals surface area contributed by atoms with Crippen LogP contribution >= 0.6 is 11.6 Å². The van der Waals surface area contributed by atoms with Crippen LogP contribution in [-0.4, -0.2) is 52.9 Å². The number of hydrogen-bond donors (Lipinski definition) is 3. The number of anilines is 1. The van der Waals surface area contributed by atoms with Gasteiger partial charge in [-0.25, -0.2) is 0 Å². The average Bonchev–Trinajstić information content (AvgIpc) is 2.71. The zero-order valence-electron chi connectivity index (χ0n) is 16.4. The normalized spacial score (nSPS) is 19.1. The number of quaternary nitrogens is 2. The van der Waals surface area contributed by atoms with Crippen LogP contribution in [-0.2, 0) is 11.3 Å². The highest BCUT2D eigenvalue weighted by molar-refractivity contribution is 6.30. The second kappa shape index (κ2) is 9.78. The molecule has 3 N–H and O–H groups in total. The van der Waals surface area contributed by atoms with Crippen LogP contribution in [0.5, 0.6) is 11.5 Å². The van der Waals surface area contributed by atoms with Gasteiger partial charge in [0.15, 0.2) is 18.0 Å². The fourth-order valence-corrected chi connectivity index (χ4v) is 3.68. The molecule has 1 fully saturated rings. The van der Waals surface area contributed by atoms with Crippen LogP contribution in [0.1, 0.15) is 5.56 Å². The highest BCUT2D eigenvalue weighted by Crippen LogP contribution is 2.27. The first-order chi connectivity index (χ1) is 13.6. The summed E-state index contributed by atoms with van der Waals surface area (Å²) in [6.07, 6.45) is 0. The molecule has 3 rings (SSSR count). The Morgan fingerprint density at radius 3 is 2.25 bits per heavy atom. The lowest BCUT2D eigenvalue weighted by atomic mass is 10.1. The van der Waals surface area contributed by atoms with E-state index >= 15 is 0 Å². The molecule has 1 aliphatic heterocycles. The van der Waals surface area contributed by atoms with Gasteiger partial charge in [-0.3, -0.25) is 4.79 Å². The van der Waals surface area contributed by atoms with E-state index in [9.17, 15) is 4.79 Å². The van der Waals surface area contributed by atoms with Crippen molar-refractivity contribution in [3.8, 4) is 11.5 Å². The minimum Gasteiger partial charge on any atom is -0.493 e. The van der Waals surface area contributed by atoms with Crippen LogP contribution in [0.4, 0.5) is 5.69 Å². The Morgan fingerprint density at radius 2 is 1.61 bits per heavy atom. The van der Waals surface area contributed by atoms with Gasteiger partial charge in [-0.05, 0) is 42.5 Å². The highest BCUT2D eigenvalue weighted by Gasteiger charge is 2.25. The quantitative estimate of drug-likeness (QED) is 0.620. The molecule has 0 unspecified atom stereocenters. The van der Waals surface area contributed by atoms with Crippen LogP contribution in [0.2, 0.25) is 5.02 Å². The predicted molar refractivity (Wildman–Crippen MR) is 110 cm³/mol. The van der Waals surface area contributed by atoms with Crippen molar-refractivity contribution in [1.82, 2.24) is 0 Å². The lowest BCUT2D eigenvalue weighted by molar-refractivity contribution is -1.02. The van der Waals surface area contributed by atoms with Gasteiger partial charge in [0.1, 0.15) is 32.7 Å². The maximum absolute atomic E-state index is 12.3. The van der Waals surface area contributed by atoms with Crippen molar-refractivity contribution in [1.29, 1.82) is 0 Å². The molecule has 150 valence electrons. The molecule has 2 aromatic carbocycles. The molecule has 0 aliphatic carbocycles. The standard InChI is InChI=1S/C21H26ClN3O3/c1-27-19-8-3-16(13-20(19)28-2)14-24-9-11-25(12-10-24)15-21(26)23-18-6-4-17(22)5-7-18/h3-8,13H,9-12,14-15H2,1-2H3,(H,23,26)/p+2. The molecule has 0 spiro atoms. The first-order valence-corrected chi connectivity index (χ1v) is 9.88. The minimum absolute atomic E-state index is 0.0423. The fraction of sp³-hybridized carbons (Fsp3) is 0.381. The second-order valence-corrected chi connectivity index (χ2v) is 7.53. The number of carbonyl (C=O) groups excluding carboxylic acids is 1. The van der Waals surface area contributed by atoms with Gasteiger partial charge in [-0.2, -0.15) is 0 Å². The molecular weight excluding hydrogens is 378 g/mol. The largest absolute Gasteiger partial charge is 0.493 e. The Hall–Kier alpha value is -2.28. The first kappa shape index (κ1) is 20.5. The van der Waals surface area contributed by atoms with Crippen molar-refractivity contribution >= 4 is 23.2 Å². The van der Waals surface area contributed by atoms with E-state index in [1.54, 1.807) is 26.4 Å². The van der Waals surface area contributed by atoms with Crippen molar-refractivity contribution in [2.75, 3.05) is 52.3 Å². The van der Waals surface area contributed by atoms with Crippen molar-refractivity contribution in [3.63, 3.8) is 0 Å². The zero-order chi connectivity index (χ0) is 19.9. The van der Waals surface area contributed by atoms with E-state index in [0.717, 1.165) is 49.9 Å². The van der Waals surface area contributed by atoms with Gasteiger partial charge in [0.25, 0.3) is 5.91 Å². The summed E-state index contributed by atoms with van der Waals surface area (Å²) < 4.78 is 10.7. The number of rotatable bonds is 7. The molecule has 28 heavy (non-hydrogen) atoms. The SMILES string of the molecule is COc1ccc(C[NH+]2CC[NH+](CC(=O)Nc3ccc(Cl)cc3)CC2)cc1OC. The number of piperazine rings is 1. The van der Waals surface area contributed by atoms with Crippen LogP contribution in [0.15, 0.2) is 42.5 Å². The molecule has 0 atom stereocenters. The average molecular weight is 406 g/mol. The summed E-state index contributed by atoms with van der Waals surface area (Å²) in [5.41, 5.74) is 2.02. The van der Waals surface area contributed by atoms with E-state index in [4.69, 9.17) is 21.1 Å². The Morgan fingerprint density at radius 1 is 0.964 bits per heavy atom. The Balaban J connectivity index is 1.45. The van der Waals surface area contributed by atoms with Crippen LogP contribution in [0.25, 0.3) is 0 Å². The third-order valence-corrected chi connectivity index (χ3v) is 5.36. The molecule has 0 radical (unpaired) electrons. The van der Waals surface area contributed by atoms with Gasteiger partial charge in [0.05, 0.1) is 14.2 Å². The molecule has 0 bridgehead atoms. The van der Waals surface area contributed by atoms with E-state index in [1.165, 1.54) is 15.4 Å². The molecule has 1 saturated heterocycles. The number of nitrogens with one attached hydrogen (secondary N) is 3. The van der Waals surface area contributed by atoms with Crippen molar-refractivity contribution in [2.24, 2.45) is 0 Å². The Labute approximate surface area is 171 Å². The summed E-state index contributed by atoms with van der Waals surface area (Å²) >= 11 is 5.88. The number of benzene rings is 2.